The van der Waals surface area contributed by atoms with Crippen LogP contribution in [0.15, 0.2) is 58.1 Å². The monoisotopic (exact) mass is 434 g/mol. The summed E-state index contributed by atoms with van der Waals surface area (Å²) in [6.45, 7) is 0.391. The van der Waals surface area contributed by atoms with Crippen molar-refractivity contribution in [2.45, 2.75) is 4.21 Å². The molecule has 0 aliphatic rings. The molecule has 3 aromatic rings. The molecule has 0 saturated carbocycles. The minimum atomic E-state index is -3.67. The topological polar surface area (TPSA) is 99.9 Å². The SMILES string of the molecule is COc1ccc(Oc2ccccc2-c2ccsc2S(=O)(=O)NCCN)cc1OC. The predicted octanol–water partition coefficient (Wildman–Crippen LogP) is 3.46. The summed E-state index contributed by atoms with van der Waals surface area (Å²) < 4.78 is 44.6. The summed E-state index contributed by atoms with van der Waals surface area (Å²) in [6.07, 6.45) is 0. The Labute approximate surface area is 174 Å². The Morgan fingerprint density at radius 3 is 2.45 bits per heavy atom. The van der Waals surface area contributed by atoms with Crippen molar-refractivity contribution < 1.29 is 22.6 Å². The summed E-state index contributed by atoms with van der Waals surface area (Å²) in [5, 5.41) is 1.74. The number of para-hydroxylation sites is 1. The van der Waals surface area contributed by atoms with E-state index in [1.54, 1.807) is 49.9 Å². The molecule has 0 amide bonds. The van der Waals surface area contributed by atoms with Gasteiger partial charge in [-0.2, -0.15) is 0 Å². The fourth-order valence-corrected chi connectivity index (χ4v) is 5.22. The van der Waals surface area contributed by atoms with Crippen LogP contribution < -0.4 is 24.7 Å². The maximum absolute atomic E-state index is 12.6. The molecule has 9 heteroatoms. The Bertz CT molecular complexity index is 1080. The third-order valence-electron chi connectivity index (χ3n) is 4.07. The van der Waals surface area contributed by atoms with Crippen molar-refractivity contribution in [2.75, 3.05) is 27.3 Å². The maximum atomic E-state index is 12.6. The highest BCUT2D eigenvalue weighted by Gasteiger charge is 2.22. The molecule has 0 saturated heterocycles. The van der Waals surface area contributed by atoms with E-state index < -0.39 is 10.0 Å². The van der Waals surface area contributed by atoms with Crippen LogP contribution in [0.3, 0.4) is 0 Å². The van der Waals surface area contributed by atoms with Crippen LogP contribution in [-0.4, -0.2) is 35.7 Å². The molecule has 0 radical (unpaired) electrons. The molecular weight excluding hydrogens is 412 g/mol. The maximum Gasteiger partial charge on any atom is 0.250 e. The van der Waals surface area contributed by atoms with Gasteiger partial charge < -0.3 is 19.9 Å². The van der Waals surface area contributed by atoms with Crippen molar-refractivity contribution in [1.82, 2.24) is 4.72 Å². The molecule has 0 unspecified atom stereocenters. The molecule has 0 fully saturated rings. The molecule has 0 aliphatic heterocycles. The van der Waals surface area contributed by atoms with Gasteiger partial charge in [-0.15, -0.1) is 11.3 Å². The molecule has 2 aromatic carbocycles. The summed E-state index contributed by atoms with van der Waals surface area (Å²) >= 11 is 1.14. The van der Waals surface area contributed by atoms with E-state index in [9.17, 15) is 8.42 Å². The lowest BCUT2D eigenvalue weighted by molar-refractivity contribution is 0.352. The summed E-state index contributed by atoms with van der Waals surface area (Å²) in [5.41, 5.74) is 6.66. The predicted molar refractivity (Wildman–Crippen MR) is 114 cm³/mol. The first kappa shape index (κ1) is 21.1. The van der Waals surface area contributed by atoms with Crippen molar-refractivity contribution in [2.24, 2.45) is 5.73 Å². The van der Waals surface area contributed by atoms with Crippen molar-refractivity contribution in [3.05, 3.63) is 53.9 Å². The number of thiophene rings is 1. The smallest absolute Gasteiger partial charge is 0.250 e. The standard InChI is InChI=1S/C20H22N2O5S2/c1-25-18-8-7-14(13-19(18)26-2)27-17-6-4-3-5-15(17)16-9-12-28-20(16)29(23,24)22-11-10-21/h3-9,12-13,22H,10-11,21H2,1-2H3. The van der Waals surface area contributed by atoms with Crippen LogP contribution in [0.4, 0.5) is 0 Å². The fourth-order valence-electron chi connectivity index (χ4n) is 2.75. The van der Waals surface area contributed by atoms with Gasteiger partial charge >= 0.3 is 0 Å². The minimum Gasteiger partial charge on any atom is -0.493 e. The van der Waals surface area contributed by atoms with Crippen molar-refractivity contribution >= 4 is 21.4 Å². The number of nitrogens with one attached hydrogen (secondary N) is 1. The molecule has 3 rings (SSSR count). The van der Waals surface area contributed by atoms with Gasteiger partial charge in [-0.3, -0.25) is 0 Å². The van der Waals surface area contributed by atoms with Crippen LogP contribution in [0.1, 0.15) is 0 Å². The Morgan fingerprint density at radius 2 is 1.72 bits per heavy atom. The summed E-state index contributed by atoms with van der Waals surface area (Å²) in [4.78, 5) is 0. The number of nitrogens with two attached hydrogens (primary N) is 1. The Morgan fingerprint density at radius 1 is 0.966 bits per heavy atom. The number of ether oxygens (including phenoxy) is 3. The molecule has 1 aromatic heterocycles. The fraction of sp³-hybridized carbons (Fsp3) is 0.200. The second-order valence-electron chi connectivity index (χ2n) is 5.92. The lowest BCUT2D eigenvalue weighted by atomic mass is 10.1. The normalized spacial score (nSPS) is 11.3. The number of hydrogen-bond acceptors (Lipinski definition) is 7. The van der Waals surface area contributed by atoms with Crippen LogP contribution in [0.5, 0.6) is 23.0 Å². The summed E-state index contributed by atoms with van der Waals surface area (Å²) in [5.74, 6) is 2.18. The average molecular weight is 435 g/mol. The average Bonchev–Trinajstić information content (AvgIpc) is 3.23. The van der Waals surface area contributed by atoms with Crippen molar-refractivity contribution in [1.29, 1.82) is 0 Å². The van der Waals surface area contributed by atoms with Gasteiger partial charge in [-0.05, 0) is 29.6 Å². The largest absolute Gasteiger partial charge is 0.493 e. The second-order valence-corrected chi connectivity index (χ2v) is 8.80. The lowest BCUT2D eigenvalue weighted by Crippen LogP contribution is -2.28. The highest BCUT2D eigenvalue weighted by atomic mass is 32.2. The van der Waals surface area contributed by atoms with Gasteiger partial charge in [0.15, 0.2) is 11.5 Å². The first-order chi connectivity index (χ1) is 14.0. The summed E-state index contributed by atoms with van der Waals surface area (Å²) in [7, 11) is -0.562. The third kappa shape index (κ3) is 4.70. The van der Waals surface area contributed by atoms with Crippen molar-refractivity contribution in [3.63, 3.8) is 0 Å². The molecule has 29 heavy (non-hydrogen) atoms. The molecule has 7 nitrogen and oxygen atoms in total. The van der Waals surface area contributed by atoms with Gasteiger partial charge in [0.05, 0.1) is 14.2 Å². The van der Waals surface area contributed by atoms with E-state index in [2.05, 4.69) is 4.72 Å². The van der Waals surface area contributed by atoms with E-state index in [-0.39, 0.29) is 17.3 Å². The quantitative estimate of drug-likeness (QED) is 0.535. The van der Waals surface area contributed by atoms with E-state index in [1.165, 1.54) is 0 Å². The number of methoxy groups -OCH3 is 2. The number of hydrogen-bond donors (Lipinski definition) is 2. The van der Waals surface area contributed by atoms with Gasteiger partial charge in [-0.25, -0.2) is 13.1 Å². The lowest BCUT2D eigenvalue weighted by Gasteiger charge is -2.14. The van der Waals surface area contributed by atoms with Crippen molar-refractivity contribution in [3.8, 4) is 34.1 Å². The Balaban J connectivity index is 1.99. The van der Waals surface area contributed by atoms with E-state index in [0.29, 0.717) is 34.1 Å². The summed E-state index contributed by atoms with van der Waals surface area (Å²) in [6, 6.07) is 14.2. The van der Waals surface area contributed by atoms with Crippen LogP contribution >= 0.6 is 11.3 Å². The van der Waals surface area contributed by atoms with Gasteiger partial charge in [-0.1, -0.05) is 18.2 Å². The van der Waals surface area contributed by atoms with E-state index in [1.807, 2.05) is 18.2 Å². The molecule has 0 aliphatic carbocycles. The zero-order valence-corrected chi connectivity index (χ0v) is 17.7. The number of rotatable bonds is 9. The first-order valence-electron chi connectivity index (χ1n) is 8.76. The van der Waals surface area contributed by atoms with Gasteiger partial charge in [0.25, 0.3) is 10.0 Å². The molecule has 3 N–H and O–H groups in total. The van der Waals surface area contributed by atoms with Crippen LogP contribution in [-0.2, 0) is 10.0 Å². The Hall–Kier alpha value is -2.59. The van der Waals surface area contributed by atoms with Gasteiger partial charge in [0, 0.05) is 30.3 Å². The van der Waals surface area contributed by atoms with Crippen LogP contribution in [0, 0.1) is 0 Å². The number of benzene rings is 2. The zero-order chi connectivity index (χ0) is 20.9. The molecule has 0 bridgehead atoms. The molecular formula is C20H22N2O5S2. The van der Waals surface area contributed by atoms with E-state index >= 15 is 0 Å². The Kier molecular flexibility index (Phi) is 6.75. The molecule has 154 valence electrons. The van der Waals surface area contributed by atoms with E-state index in [0.717, 1.165) is 11.3 Å². The zero-order valence-electron chi connectivity index (χ0n) is 16.0. The van der Waals surface area contributed by atoms with Crippen LogP contribution in [0.25, 0.3) is 11.1 Å². The molecule has 0 spiro atoms. The molecule has 0 atom stereocenters. The number of sulfonamides is 1. The highest BCUT2D eigenvalue weighted by molar-refractivity contribution is 7.91. The highest BCUT2D eigenvalue weighted by Crippen LogP contribution is 2.40. The first-order valence-corrected chi connectivity index (χ1v) is 11.1. The van der Waals surface area contributed by atoms with Gasteiger partial charge in [0.1, 0.15) is 15.7 Å². The second kappa shape index (κ2) is 9.27. The molecule has 1 heterocycles. The van der Waals surface area contributed by atoms with Gasteiger partial charge in [0.2, 0.25) is 0 Å². The van der Waals surface area contributed by atoms with Crippen LogP contribution in [0.2, 0.25) is 0 Å². The minimum absolute atomic E-state index is 0.170. The third-order valence-corrected chi connectivity index (χ3v) is 7.02. The van der Waals surface area contributed by atoms with E-state index in [4.69, 9.17) is 19.9 Å².